The Bertz CT molecular complexity index is 308. The molecule has 1 heterocycles. The maximum absolute atomic E-state index is 5.91. The van der Waals surface area contributed by atoms with Gasteiger partial charge in [0.25, 0.3) is 0 Å². The first-order chi connectivity index (χ1) is 6.20. The van der Waals surface area contributed by atoms with Crippen molar-refractivity contribution in [1.29, 1.82) is 0 Å². The fraction of sp³-hybridized carbons (Fsp3) is 0.333. The van der Waals surface area contributed by atoms with Crippen LogP contribution in [0.4, 0.5) is 0 Å². The first-order valence-corrected chi connectivity index (χ1v) is 4.85. The van der Waals surface area contributed by atoms with Crippen LogP contribution in [0.5, 0.6) is 0 Å². The monoisotopic (exact) mass is 216 g/mol. The van der Waals surface area contributed by atoms with Crippen LogP contribution in [0, 0.1) is 0 Å². The molecule has 0 fully saturated rings. The molecule has 2 rings (SSSR count). The molecule has 0 aromatic heterocycles. The third kappa shape index (κ3) is 1.67. The molecule has 1 N–H and O–H groups in total. The van der Waals surface area contributed by atoms with E-state index in [4.69, 9.17) is 23.2 Å². The standard InChI is InChI=1S/C9H10Cl2N2/c1-12-13-4-6-2-8(10)9(11)3-7(6)5-13/h2-3,12H,4-5H2,1H3. The zero-order valence-corrected chi connectivity index (χ0v) is 8.78. The summed E-state index contributed by atoms with van der Waals surface area (Å²) < 4.78 is 0. The molecule has 1 aliphatic heterocycles. The summed E-state index contributed by atoms with van der Waals surface area (Å²) in [4.78, 5) is 0. The quantitative estimate of drug-likeness (QED) is 0.777. The Kier molecular flexibility index (Phi) is 2.47. The lowest BCUT2D eigenvalue weighted by Gasteiger charge is -2.11. The Morgan fingerprint density at radius 1 is 1.15 bits per heavy atom. The van der Waals surface area contributed by atoms with Crippen molar-refractivity contribution in [3.63, 3.8) is 0 Å². The van der Waals surface area contributed by atoms with E-state index in [0.29, 0.717) is 10.0 Å². The van der Waals surface area contributed by atoms with Gasteiger partial charge in [-0.05, 0) is 30.3 Å². The fourth-order valence-electron chi connectivity index (χ4n) is 1.55. The van der Waals surface area contributed by atoms with Crippen molar-refractivity contribution >= 4 is 23.2 Å². The van der Waals surface area contributed by atoms with Gasteiger partial charge >= 0.3 is 0 Å². The van der Waals surface area contributed by atoms with Crippen LogP contribution in [0.25, 0.3) is 0 Å². The number of nitrogens with zero attached hydrogens (tertiary/aromatic N) is 1. The summed E-state index contributed by atoms with van der Waals surface area (Å²) in [5.41, 5.74) is 5.60. The number of rotatable bonds is 1. The highest BCUT2D eigenvalue weighted by molar-refractivity contribution is 6.42. The molecule has 70 valence electrons. The average molecular weight is 217 g/mol. The summed E-state index contributed by atoms with van der Waals surface area (Å²) >= 11 is 11.8. The molecule has 13 heavy (non-hydrogen) atoms. The second-order valence-electron chi connectivity index (χ2n) is 3.11. The van der Waals surface area contributed by atoms with E-state index in [-0.39, 0.29) is 0 Å². The molecule has 0 amide bonds. The van der Waals surface area contributed by atoms with Gasteiger partial charge in [0.1, 0.15) is 0 Å². The topological polar surface area (TPSA) is 15.3 Å². The highest BCUT2D eigenvalue weighted by Gasteiger charge is 2.18. The van der Waals surface area contributed by atoms with Crippen LogP contribution in [0.1, 0.15) is 11.1 Å². The Morgan fingerprint density at radius 2 is 1.62 bits per heavy atom. The van der Waals surface area contributed by atoms with Crippen LogP contribution < -0.4 is 5.43 Å². The summed E-state index contributed by atoms with van der Waals surface area (Å²) in [7, 11) is 1.91. The maximum atomic E-state index is 5.91. The third-order valence-corrected chi connectivity index (χ3v) is 3.00. The Labute approximate surface area is 87.4 Å². The number of nitrogens with one attached hydrogen (secondary N) is 1. The van der Waals surface area contributed by atoms with Crippen molar-refractivity contribution in [2.45, 2.75) is 13.1 Å². The average Bonchev–Trinajstić information content (AvgIpc) is 2.48. The Hall–Kier alpha value is -0.280. The van der Waals surface area contributed by atoms with Crippen LogP contribution in [-0.4, -0.2) is 12.1 Å². The lowest BCUT2D eigenvalue weighted by atomic mass is 10.1. The minimum Gasteiger partial charge on any atom is -0.258 e. The fourth-order valence-corrected chi connectivity index (χ4v) is 1.92. The van der Waals surface area contributed by atoms with E-state index in [2.05, 4.69) is 10.4 Å². The van der Waals surface area contributed by atoms with Crippen molar-refractivity contribution in [2.75, 3.05) is 7.05 Å². The van der Waals surface area contributed by atoms with E-state index < -0.39 is 0 Å². The van der Waals surface area contributed by atoms with Gasteiger partial charge in [0.05, 0.1) is 10.0 Å². The number of fused-ring (bicyclic) bond motifs is 1. The molecule has 1 aromatic rings. The van der Waals surface area contributed by atoms with Gasteiger partial charge < -0.3 is 0 Å². The third-order valence-electron chi connectivity index (χ3n) is 2.28. The summed E-state index contributed by atoms with van der Waals surface area (Å²) in [6.07, 6.45) is 0. The van der Waals surface area contributed by atoms with Crippen molar-refractivity contribution in [3.05, 3.63) is 33.3 Å². The highest BCUT2D eigenvalue weighted by atomic mass is 35.5. The lowest BCUT2D eigenvalue weighted by Crippen LogP contribution is -2.29. The second kappa shape index (κ2) is 3.46. The maximum Gasteiger partial charge on any atom is 0.0595 e. The van der Waals surface area contributed by atoms with Gasteiger partial charge in [0, 0.05) is 13.1 Å². The number of hydrazine groups is 1. The number of benzene rings is 1. The molecule has 1 aliphatic rings. The molecule has 0 radical (unpaired) electrons. The lowest BCUT2D eigenvalue weighted by molar-refractivity contribution is 0.212. The van der Waals surface area contributed by atoms with Crippen molar-refractivity contribution in [1.82, 2.24) is 10.4 Å². The molecular weight excluding hydrogens is 207 g/mol. The van der Waals surface area contributed by atoms with Gasteiger partial charge in [0.2, 0.25) is 0 Å². The van der Waals surface area contributed by atoms with Gasteiger partial charge in [0.15, 0.2) is 0 Å². The molecule has 0 bridgehead atoms. The van der Waals surface area contributed by atoms with Crippen LogP contribution in [-0.2, 0) is 13.1 Å². The minimum atomic E-state index is 0.637. The molecule has 0 spiro atoms. The van der Waals surface area contributed by atoms with Crippen LogP contribution in [0.15, 0.2) is 12.1 Å². The smallest absolute Gasteiger partial charge is 0.0595 e. The van der Waals surface area contributed by atoms with E-state index >= 15 is 0 Å². The summed E-state index contributed by atoms with van der Waals surface area (Å²) in [5, 5.41) is 3.38. The van der Waals surface area contributed by atoms with Gasteiger partial charge in [-0.3, -0.25) is 5.43 Å². The van der Waals surface area contributed by atoms with Gasteiger partial charge in [-0.25, -0.2) is 5.01 Å². The predicted octanol–water partition coefficient (Wildman–Crippen LogP) is 2.44. The summed E-state index contributed by atoms with van der Waals surface area (Å²) in [5.74, 6) is 0. The SMILES string of the molecule is CNN1Cc2cc(Cl)c(Cl)cc2C1. The molecule has 1 aromatic carbocycles. The number of hydrogen-bond donors (Lipinski definition) is 1. The summed E-state index contributed by atoms with van der Waals surface area (Å²) in [6, 6.07) is 3.88. The van der Waals surface area contributed by atoms with Gasteiger partial charge in [-0.15, -0.1) is 0 Å². The molecule has 0 atom stereocenters. The molecule has 0 saturated heterocycles. The van der Waals surface area contributed by atoms with E-state index in [1.165, 1.54) is 11.1 Å². The van der Waals surface area contributed by atoms with Gasteiger partial charge in [-0.2, -0.15) is 0 Å². The number of hydrogen-bond acceptors (Lipinski definition) is 2. The Morgan fingerprint density at radius 3 is 2.00 bits per heavy atom. The molecule has 4 heteroatoms. The normalized spacial score (nSPS) is 16.2. The summed E-state index contributed by atoms with van der Waals surface area (Å²) in [6.45, 7) is 1.78. The van der Waals surface area contributed by atoms with Crippen LogP contribution in [0.3, 0.4) is 0 Å². The zero-order chi connectivity index (χ0) is 9.42. The Balaban J connectivity index is 2.36. The number of halogens is 2. The van der Waals surface area contributed by atoms with E-state index in [9.17, 15) is 0 Å². The highest BCUT2D eigenvalue weighted by Crippen LogP contribution is 2.30. The zero-order valence-electron chi connectivity index (χ0n) is 7.27. The van der Waals surface area contributed by atoms with Crippen LogP contribution >= 0.6 is 23.2 Å². The molecule has 0 saturated carbocycles. The molecule has 0 aliphatic carbocycles. The molecule has 2 nitrogen and oxygen atoms in total. The van der Waals surface area contributed by atoms with Crippen molar-refractivity contribution in [2.24, 2.45) is 0 Å². The predicted molar refractivity (Wildman–Crippen MR) is 54.8 cm³/mol. The van der Waals surface area contributed by atoms with Crippen molar-refractivity contribution < 1.29 is 0 Å². The van der Waals surface area contributed by atoms with Gasteiger partial charge in [-0.1, -0.05) is 23.2 Å². The largest absolute Gasteiger partial charge is 0.258 e. The van der Waals surface area contributed by atoms with Crippen LogP contribution in [0.2, 0.25) is 10.0 Å². The first kappa shape index (κ1) is 9.28. The molecular formula is C9H10Cl2N2. The van der Waals surface area contributed by atoms with E-state index in [1.807, 2.05) is 19.2 Å². The van der Waals surface area contributed by atoms with E-state index in [1.54, 1.807) is 0 Å². The minimum absolute atomic E-state index is 0.637. The second-order valence-corrected chi connectivity index (χ2v) is 3.93. The molecule has 0 unspecified atom stereocenters. The van der Waals surface area contributed by atoms with E-state index in [0.717, 1.165) is 13.1 Å². The first-order valence-electron chi connectivity index (χ1n) is 4.10. The van der Waals surface area contributed by atoms with Crippen molar-refractivity contribution in [3.8, 4) is 0 Å².